The average molecular weight is 327 g/mol. The number of hydrogen-bond donors (Lipinski definition) is 2. The van der Waals surface area contributed by atoms with Crippen molar-refractivity contribution in [2.24, 2.45) is 5.84 Å². The van der Waals surface area contributed by atoms with Crippen LogP contribution in [0.1, 0.15) is 18.4 Å². The van der Waals surface area contributed by atoms with E-state index in [9.17, 15) is 13.2 Å². The minimum absolute atomic E-state index is 0.557. The van der Waals surface area contributed by atoms with Crippen LogP contribution in [-0.2, 0) is 6.42 Å². The Bertz CT molecular complexity index is 594. The minimum atomic E-state index is -4.33. The van der Waals surface area contributed by atoms with Gasteiger partial charge in [0.25, 0.3) is 0 Å². The van der Waals surface area contributed by atoms with Gasteiger partial charge >= 0.3 is 6.18 Å². The third kappa shape index (κ3) is 3.61. The number of alkyl halides is 3. The first-order valence-electron chi connectivity index (χ1n) is 7.65. The van der Waals surface area contributed by atoms with Crippen LogP contribution in [0.3, 0.4) is 0 Å². The molecule has 1 fully saturated rings. The summed E-state index contributed by atoms with van der Waals surface area (Å²) >= 11 is 0. The monoisotopic (exact) mass is 327 g/mol. The van der Waals surface area contributed by atoms with Gasteiger partial charge in [0.05, 0.1) is 0 Å². The Morgan fingerprint density at radius 2 is 1.96 bits per heavy atom. The second kappa shape index (κ2) is 6.05. The highest BCUT2D eigenvalue weighted by molar-refractivity contribution is 5.43. The van der Waals surface area contributed by atoms with Gasteiger partial charge in [-0.2, -0.15) is 13.2 Å². The summed E-state index contributed by atoms with van der Waals surface area (Å²) in [5, 5.41) is 3.98. The molecule has 126 valence electrons. The van der Waals surface area contributed by atoms with Gasteiger partial charge in [-0.3, -0.25) is 0 Å². The molecule has 0 saturated carbocycles. The maximum Gasteiger partial charge on any atom is 0.407 e. The number of halogens is 3. The number of para-hydroxylation sites is 1. The lowest BCUT2D eigenvalue weighted by atomic mass is 9.79. The van der Waals surface area contributed by atoms with Gasteiger partial charge < -0.3 is 15.1 Å². The molecule has 0 aliphatic carbocycles. The Kier molecular flexibility index (Phi) is 4.25. The summed E-state index contributed by atoms with van der Waals surface area (Å²) in [5.74, 6) is 6.38. The van der Waals surface area contributed by atoms with Gasteiger partial charge in [0.2, 0.25) is 0 Å². The smallest absolute Gasteiger partial charge is 0.407 e. The van der Waals surface area contributed by atoms with Crippen LogP contribution in [0.15, 0.2) is 36.0 Å². The third-order valence-electron chi connectivity index (χ3n) is 4.34. The van der Waals surface area contributed by atoms with E-state index in [1.165, 1.54) is 6.20 Å². The Balaban J connectivity index is 1.92. The van der Waals surface area contributed by atoms with Crippen molar-refractivity contribution in [1.82, 2.24) is 10.3 Å². The Hall–Kier alpha value is -1.73. The van der Waals surface area contributed by atoms with Crippen LogP contribution < -0.4 is 15.9 Å². The highest BCUT2D eigenvalue weighted by Crippen LogP contribution is 2.41. The van der Waals surface area contributed by atoms with E-state index in [1.54, 1.807) is 0 Å². The second-order valence-corrected chi connectivity index (χ2v) is 6.07. The molecule has 1 aromatic carbocycles. The molecule has 0 radical (unpaired) electrons. The number of fused-ring (bicyclic) bond motifs is 1. The molecular weight excluding hydrogens is 307 g/mol. The van der Waals surface area contributed by atoms with E-state index >= 15 is 0 Å². The van der Waals surface area contributed by atoms with Gasteiger partial charge in [-0.25, -0.2) is 5.84 Å². The Morgan fingerprint density at radius 3 is 2.65 bits per heavy atom. The zero-order valence-electron chi connectivity index (χ0n) is 12.7. The third-order valence-corrected chi connectivity index (χ3v) is 4.34. The molecule has 3 rings (SSSR count). The van der Waals surface area contributed by atoms with E-state index in [1.807, 2.05) is 24.3 Å². The van der Waals surface area contributed by atoms with Gasteiger partial charge in [0.1, 0.15) is 17.9 Å². The molecule has 23 heavy (non-hydrogen) atoms. The van der Waals surface area contributed by atoms with Crippen LogP contribution >= 0.6 is 0 Å². The number of benzene rings is 1. The van der Waals surface area contributed by atoms with Crippen LogP contribution in [0, 0.1) is 0 Å². The molecule has 0 bridgehead atoms. The number of nitrogens with one attached hydrogen (secondary N) is 1. The summed E-state index contributed by atoms with van der Waals surface area (Å²) in [4.78, 5) is 0. The molecule has 0 unspecified atom stereocenters. The Labute approximate surface area is 133 Å². The minimum Gasteiger partial charge on any atom is -0.482 e. The van der Waals surface area contributed by atoms with E-state index in [0.29, 0.717) is 19.3 Å². The van der Waals surface area contributed by atoms with Crippen molar-refractivity contribution in [2.75, 3.05) is 19.6 Å². The van der Waals surface area contributed by atoms with Crippen LogP contribution in [-0.4, -0.2) is 36.4 Å². The largest absolute Gasteiger partial charge is 0.482 e. The van der Waals surface area contributed by atoms with E-state index in [4.69, 9.17) is 10.6 Å². The molecule has 0 amide bonds. The van der Waals surface area contributed by atoms with Crippen molar-refractivity contribution in [1.29, 1.82) is 0 Å². The number of hydrogen-bond acceptors (Lipinski definition) is 4. The number of nitrogens with zero attached hydrogens (tertiary/aromatic N) is 1. The van der Waals surface area contributed by atoms with Crippen molar-refractivity contribution >= 4 is 0 Å². The number of hydrazine groups is 1. The van der Waals surface area contributed by atoms with Crippen molar-refractivity contribution in [2.45, 2.75) is 31.0 Å². The number of ether oxygens (including phenoxy) is 1. The maximum atomic E-state index is 12.5. The summed E-state index contributed by atoms with van der Waals surface area (Å²) < 4.78 is 43.9. The first-order chi connectivity index (χ1) is 10.9. The Morgan fingerprint density at radius 1 is 1.26 bits per heavy atom. The molecule has 1 aromatic rings. The lowest BCUT2D eigenvalue weighted by molar-refractivity contribution is -0.141. The molecule has 1 spiro atoms. The van der Waals surface area contributed by atoms with E-state index in [0.717, 1.165) is 35.0 Å². The number of nitrogens with two attached hydrogens (primary N) is 1. The summed E-state index contributed by atoms with van der Waals surface area (Å²) in [5.41, 5.74) is 1.22. The summed E-state index contributed by atoms with van der Waals surface area (Å²) in [6, 6.07) is 7.64. The summed E-state index contributed by atoms with van der Waals surface area (Å²) in [7, 11) is 0. The zero-order valence-corrected chi connectivity index (χ0v) is 12.7. The van der Waals surface area contributed by atoms with Gasteiger partial charge in [0, 0.05) is 25.5 Å². The predicted molar refractivity (Wildman–Crippen MR) is 80.6 cm³/mol. The molecule has 1 saturated heterocycles. The van der Waals surface area contributed by atoms with E-state index < -0.39 is 18.3 Å². The van der Waals surface area contributed by atoms with Gasteiger partial charge in [-0.1, -0.05) is 18.2 Å². The number of rotatable bonds is 2. The van der Waals surface area contributed by atoms with E-state index in [-0.39, 0.29) is 0 Å². The molecule has 4 nitrogen and oxygen atoms in total. The van der Waals surface area contributed by atoms with Crippen molar-refractivity contribution < 1.29 is 17.9 Å². The highest BCUT2D eigenvalue weighted by Gasteiger charge is 2.42. The number of piperidine rings is 1. The predicted octanol–water partition coefficient (Wildman–Crippen LogP) is 2.37. The van der Waals surface area contributed by atoms with Crippen LogP contribution in [0.25, 0.3) is 0 Å². The highest BCUT2D eigenvalue weighted by atomic mass is 19.4. The zero-order chi connectivity index (χ0) is 16.5. The van der Waals surface area contributed by atoms with Crippen LogP contribution in [0.5, 0.6) is 5.75 Å². The second-order valence-electron chi connectivity index (χ2n) is 6.07. The first kappa shape index (κ1) is 16.1. The first-order valence-corrected chi connectivity index (χ1v) is 7.65. The van der Waals surface area contributed by atoms with E-state index in [2.05, 4.69) is 5.32 Å². The average Bonchev–Trinajstić information content (AvgIpc) is 2.47. The normalized spacial score (nSPS) is 21.8. The molecule has 3 N–H and O–H groups in total. The standard InChI is InChI=1S/C16H20F3N3O/c17-16(18,19)11-22(20)10-13-9-12-3-1-2-4-14(12)23-15(13)5-7-21-8-6-15/h1-4,10,21H,5-9,11,20H2. The fraction of sp³-hybridized carbons (Fsp3) is 0.500. The lowest BCUT2D eigenvalue weighted by Crippen LogP contribution is -2.50. The molecule has 2 aliphatic rings. The quantitative estimate of drug-likeness (QED) is 0.647. The summed E-state index contributed by atoms with van der Waals surface area (Å²) in [6.07, 6.45) is -0.933. The molecule has 0 aromatic heterocycles. The maximum absolute atomic E-state index is 12.5. The van der Waals surface area contributed by atoms with Crippen LogP contribution in [0.2, 0.25) is 0 Å². The molecule has 2 heterocycles. The van der Waals surface area contributed by atoms with Crippen LogP contribution in [0.4, 0.5) is 13.2 Å². The lowest BCUT2D eigenvalue weighted by Gasteiger charge is -2.44. The van der Waals surface area contributed by atoms with Gasteiger partial charge in [0.15, 0.2) is 0 Å². The molecule has 0 atom stereocenters. The topological polar surface area (TPSA) is 50.5 Å². The van der Waals surface area contributed by atoms with Crippen molar-refractivity contribution in [3.8, 4) is 5.75 Å². The molecule has 2 aliphatic heterocycles. The van der Waals surface area contributed by atoms with Crippen molar-refractivity contribution in [3.05, 3.63) is 41.6 Å². The van der Waals surface area contributed by atoms with Gasteiger partial charge in [-0.05, 0) is 30.3 Å². The molecule has 7 heteroatoms. The molecular formula is C16H20F3N3O. The fourth-order valence-electron chi connectivity index (χ4n) is 3.26. The SMILES string of the molecule is NN(C=C1Cc2ccccc2OC12CCNCC2)CC(F)(F)F. The van der Waals surface area contributed by atoms with Gasteiger partial charge in [-0.15, -0.1) is 0 Å². The fourth-order valence-corrected chi connectivity index (χ4v) is 3.26. The summed E-state index contributed by atoms with van der Waals surface area (Å²) in [6.45, 7) is 0.360. The van der Waals surface area contributed by atoms with Crippen molar-refractivity contribution in [3.63, 3.8) is 0 Å².